The van der Waals surface area contributed by atoms with Gasteiger partial charge in [0.25, 0.3) is 0 Å². The SMILES string of the molecule is C=C/C=C(/C/C=C\N)C(C)Nc1ccc2cc(C(=C)CC)[nH]c2c1. The molecule has 4 N–H and O–H groups in total. The summed E-state index contributed by atoms with van der Waals surface area (Å²) in [6.45, 7) is 12.2. The van der Waals surface area contributed by atoms with Crippen LogP contribution in [-0.2, 0) is 0 Å². The summed E-state index contributed by atoms with van der Waals surface area (Å²) in [5.41, 5.74) is 11.1. The Labute approximate surface area is 144 Å². The second kappa shape index (κ2) is 8.25. The van der Waals surface area contributed by atoms with Crippen LogP contribution >= 0.6 is 0 Å². The number of anilines is 1. The molecule has 3 heteroatoms. The van der Waals surface area contributed by atoms with Gasteiger partial charge >= 0.3 is 0 Å². The van der Waals surface area contributed by atoms with Crippen molar-refractivity contribution in [1.29, 1.82) is 0 Å². The van der Waals surface area contributed by atoms with E-state index in [1.807, 2.05) is 18.2 Å². The molecule has 1 aromatic carbocycles. The normalized spacial score (nSPS) is 13.3. The molecule has 24 heavy (non-hydrogen) atoms. The van der Waals surface area contributed by atoms with Gasteiger partial charge in [-0.1, -0.05) is 44.4 Å². The lowest BCUT2D eigenvalue weighted by Gasteiger charge is -2.18. The van der Waals surface area contributed by atoms with Crippen LogP contribution in [0.25, 0.3) is 16.5 Å². The monoisotopic (exact) mass is 321 g/mol. The molecule has 126 valence electrons. The molecule has 0 aliphatic carbocycles. The first-order chi connectivity index (χ1) is 11.6. The number of H-pyrrole nitrogens is 1. The highest BCUT2D eigenvalue weighted by molar-refractivity contribution is 5.87. The van der Waals surface area contributed by atoms with E-state index in [2.05, 4.69) is 61.6 Å². The average Bonchev–Trinajstić information content (AvgIpc) is 3.01. The van der Waals surface area contributed by atoms with Crippen LogP contribution < -0.4 is 11.1 Å². The van der Waals surface area contributed by atoms with Gasteiger partial charge in [-0.15, -0.1) is 0 Å². The Hall–Kier alpha value is -2.68. The van der Waals surface area contributed by atoms with Crippen molar-refractivity contribution in [2.75, 3.05) is 5.32 Å². The zero-order chi connectivity index (χ0) is 17.5. The number of aromatic amines is 1. The molecule has 1 atom stereocenters. The zero-order valence-corrected chi connectivity index (χ0v) is 14.6. The summed E-state index contributed by atoms with van der Waals surface area (Å²) >= 11 is 0. The third kappa shape index (κ3) is 4.19. The molecule has 2 aromatic rings. The predicted octanol–water partition coefficient (Wildman–Crippen LogP) is 5.37. The molecule has 3 nitrogen and oxygen atoms in total. The molecule has 1 unspecified atom stereocenters. The number of nitrogens with two attached hydrogens (primary N) is 1. The first-order valence-corrected chi connectivity index (χ1v) is 8.34. The first kappa shape index (κ1) is 17.7. The van der Waals surface area contributed by atoms with Crippen molar-refractivity contribution in [2.45, 2.75) is 32.7 Å². The highest BCUT2D eigenvalue weighted by Crippen LogP contribution is 2.25. The number of allylic oxidation sites excluding steroid dienone is 4. The van der Waals surface area contributed by atoms with Crippen LogP contribution in [0.2, 0.25) is 0 Å². The van der Waals surface area contributed by atoms with E-state index < -0.39 is 0 Å². The Balaban J connectivity index is 2.20. The topological polar surface area (TPSA) is 53.8 Å². The molecule has 0 amide bonds. The van der Waals surface area contributed by atoms with Crippen molar-refractivity contribution in [3.63, 3.8) is 0 Å². The smallest absolute Gasteiger partial charge is 0.0479 e. The van der Waals surface area contributed by atoms with Crippen molar-refractivity contribution in [1.82, 2.24) is 4.98 Å². The molecule has 0 fully saturated rings. The van der Waals surface area contributed by atoms with E-state index >= 15 is 0 Å². The van der Waals surface area contributed by atoms with Gasteiger partial charge in [-0.2, -0.15) is 0 Å². The third-order valence-corrected chi connectivity index (χ3v) is 4.19. The van der Waals surface area contributed by atoms with E-state index in [1.54, 1.807) is 6.20 Å². The van der Waals surface area contributed by atoms with E-state index in [9.17, 15) is 0 Å². The zero-order valence-electron chi connectivity index (χ0n) is 14.6. The van der Waals surface area contributed by atoms with Crippen LogP contribution in [0.15, 0.2) is 67.4 Å². The molecule has 0 radical (unpaired) electrons. The van der Waals surface area contributed by atoms with Gasteiger partial charge in [-0.25, -0.2) is 0 Å². The number of rotatable bonds is 8. The molecule has 0 aliphatic heterocycles. The number of hydrogen-bond donors (Lipinski definition) is 3. The molecule has 2 rings (SSSR count). The summed E-state index contributed by atoms with van der Waals surface area (Å²) in [5.74, 6) is 0. The molecular weight excluding hydrogens is 294 g/mol. The second-order valence-electron chi connectivity index (χ2n) is 5.92. The molecule has 0 aliphatic rings. The minimum absolute atomic E-state index is 0.191. The summed E-state index contributed by atoms with van der Waals surface area (Å²) in [6.07, 6.45) is 9.13. The van der Waals surface area contributed by atoms with Gasteiger partial charge in [-0.3, -0.25) is 0 Å². The lowest BCUT2D eigenvalue weighted by molar-refractivity contribution is 0.890. The Morgan fingerprint density at radius 2 is 2.17 bits per heavy atom. The van der Waals surface area contributed by atoms with E-state index in [0.717, 1.165) is 35.3 Å². The average molecular weight is 321 g/mol. The van der Waals surface area contributed by atoms with E-state index in [-0.39, 0.29) is 6.04 Å². The van der Waals surface area contributed by atoms with Crippen LogP contribution in [0.5, 0.6) is 0 Å². The van der Waals surface area contributed by atoms with Gasteiger partial charge < -0.3 is 16.0 Å². The minimum Gasteiger partial charge on any atom is -0.405 e. The summed E-state index contributed by atoms with van der Waals surface area (Å²) in [7, 11) is 0. The molecule has 0 spiro atoms. The molecule has 1 aromatic heterocycles. The first-order valence-electron chi connectivity index (χ1n) is 8.34. The predicted molar refractivity (Wildman–Crippen MR) is 107 cm³/mol. The fourth-order valence-corrected chi connectivity index (χ4v) is 2.69. The molecular formula is C21H27N3. The van der Waals surface area contributed by atoms with Gasteiger partial charge in [0.2, 0.25) is 0 Å². The van der Waals surface area contributed by atoms with Crippen molar-refractivity contribution in [3.05, 3.63) is 73.1 Å². The fourth-order valence-electron chi connectivity index (χ4n) is 2.69. The van der Waals surface area contributed by atoms with Gasteiger partial charge in [0.1, 0.15) is 0 Å². The summed E-state index contributed by atoms with van der Waals surface area (Å²) in [5, 5.41) is 4.75. The highest BCUT2D eigenvalue weighted by atomic mass is 14.9. The molecule has 1 heterocycles. The van der Waals surface area contributed by atoms with Crippen LogP contribution in [0.3, 0.4) is 0 Å². The largest absolute Gasteiger partial charge is 0.405 e. The lowest BCUT2D eigenvalue weighted by atomic mass is 10.0. The van der Waals surface area contributed by atoms with Crippen LogP contribution in [-0.4, -0.2) is 11.0 Å². The van der Waals surface area contributed by atoms with Crippen molar-refractivity contribution < 1.29 is 0 Å². The molecule has 0 saturated heterocycles. The van der Waals surface area contributed by atoms with E-state index in [0.29, 0.717) is 0 Å². The second-order valence-corrected chi connectivity index (χ2v) is 5.92. The van der Waals surface area contributed by atoms with Crippen LogP contribution in [0, 0.1) is 0 Å². The minimum atomic E-state index is 0.191. The highest BCUT2D eigenvalue weighted by Gasteiger charge is 2.09. The van der Waals surface area contributed by atoms with Gasteiger partial charge in [0.15, 0.2) is 0 Å². The maximum atomic E-state index is 5.46. The lowest BCUT2D eigenvalue weighted by Crippen LogP contribution is -2.17. The molecule has 0 bridgehead atoms. The Bertz CT molecular complexity index is 777. The third-order valence-electron chi connectivity index (χ3n) is 4.19. The fraction of sp³-hybridized carbons (Fsp3) is 0.238. The maximum absolute atomic E-state index is 5.46. The number of aromatic nitrogens is 1. The van der Waals surface area contributed by atoms with E-state index in [4.69, 9.17) is 5.73 Å². The Morgan fingerprint density at radius 1 is 1.38 bits per heavy atom. The van der Waals surface area contributed by atoms with Gasteiger partial charge in [0.05, 0.1) is 0 Å². The Morgan fingerprint density at radius 3 is 2.83 bits per heavy atom. The van der Waals surface area contributed by atoms with E-state index in [1.165, 1.54) is 11.0 Å². The Kier molecular flexibility index (Phi) is 6.07. The van der Waals surface area contributed by atoms with Crippen molar-refractivity contribution >= 4 is 22.2 Å². The standard InChI is InChI=1S/C21H27N3/c1-5-8-17(9-7-12-22)16(4)23-19-11-10-18-13-20(15(3)6-2)24-21(18)14-19/h5,7-8,10-14,16,23-24H,1,3,6,9,22H2,2,4H3/b12-7-,17-8-. The van der Waals surface area contributed by atoms with Gasteiger partial charge in [0, 0.05) is 28.3 Å². The van der Waals surface area contributed by atoms with Crippen LogP contribution in [0.4, 0.5) is 5.69 Å². The summed E-state index contributed by atoms with van der Waals surface area (Å²) in [4.78, 5) is 3.45. The van der Waals surface area contributed by atoms with Crippen molar-refractivity contribution in [3.8, 4) is 0 Å². The summed E-state index contributed by atoms with van der Waals surface area (Å²) in [6, 6.07) is 8.72. The summed E-state index contributed by atoms with van der Waals surface area (Å²) < 4.78 is 0. The number of hydrogen-bond acceptors (Lipinski definition) is 2. The van der Waals surface area contributed by atoms with Crippen molar-refractivity contribution in [2.24, 2.45) is 5.73 Å². The number of nitrogens with one attached hydrogen (secondary N) is 2. The molecule has 0 saturated carbocycles. The number of benzene rings is 1. The van der Waals surface area contributed by atoms with Gasteiger partial charge in [-0.05, 0) is 55.3 Å². The van der Waals surface area contributed by atoms with Crippen LogP contribution in [0.1, 0.15) is 32.4 Å². The maximum Gasteiger partial charge on any atom is 0.0479 e. The quantitative estimate of drug-likeness (QED) is 0.573. The number of fused-ring (bicyclic) bond motifs is 1.